The largest absolute Gasteiger partial charge is 0.468 e. The van der Waals surface area contributed by atoms with E-state index in [0.717, 1.165) is 26.4 Å². The lowest BCUT2D eigenvalue weighted by Gasteiger charge is -2.22. The standard InChI is InChI=1S/C19H23FN4O7/c1-24(2,3)10-13(25)22-23-15(19(29)31-5)14(18(28)30-4)16(26)17(27)21-12-8-6-11(20)7-9-12/h6-9,14H,10H2,1-5H3,(H-,21,22,25,27,29)/p+1/t14-/m1/s1. The third-order valence-electron chi connectivity index (χ3n) is 3.61. The maximum Gasteiger partial charge on any atom is 0.355 e. The normalized spacial score (nSPS) is 12.4. The molecule has 0 fully saturated rings. The van der Waals surface area contributed by atoms with Crippen molar-refractivity contribution in [3.05, 3.63) is 30.1 Å². The number of likely N-dealkylation sites (N-methyl/N-ethyl adjacent to an activating group) is 1. The molecule has 0 spiro atoms. The Bertz CT molecular complexity index is 892. The number of amides is 2. The Kier molecular flexibility index (Phi) is 8.94. The molecule has 11 nitrogen and oxygen atoms in total. The van der Waals surface area contributed by atoms with Crippen LogP contribution in [0, 0.1) is 11.7 Å². The van der Waals surface area contributed by atoms with Gasteiger partial charge in [0.05, 0.1) is 35.4 Å². The van der Waals surface area contributed by atoms with Crippen LogP contribution in [-0.2, 0) is 33.4 Å². The molecule has 0 aliphatic carbocycles. The number of hydrogen-bond donors (Lipinski definition) is 2. The SMILES string of the molecule is COC(=O)/C(=N\NC(=O)C[N+](C)(C)C)[C@@H](C(=O)OC)C(=O)C(=O)Nc1ccc(F)cc1. The van der Waals surface area contributed by atoms with Crippen LogP contribution in [0.15, 0.2) is 29.4 Å². The molecule has 0 saturated heterocycles. The number of nitrogens with zero attached hydrogens (tertiary/aromatic N) is 2. The highest BCUT2D eigenvalue weighted by atomic mass is 19.1. The van der Waals surface area contributed by atoms with Crippen LogP contribution in [0.2, 0.25) is 0 Å². The molecule has 0 saturated carbocycles. The number of carbonyl (C=O) groups is 5. The molecule has 0 aliphatic rings. The monoisotopic (exact) mass is 439 g/mol. The number of Topliss-reactive ketones (excluding diaryl/α,β-unsaturated/α-hetero) is 1. The number of anilines is 1. The van der Waals surface area contributed by atoms with E-state index >= 15 is 0 Å². The van der Waals surface area contributed by atoms with Crippen LogP contribution < -0.4 is 10.7 Å². The number of ether oxygens (including phenoxy) is 2. The van der Waals surface area contributed by atoms with Gasteiger partial charge < -0.3 is 19.3 Å². The Morgan fingerprint density at radius 2 is 1.61 bits per heavy atom. The predicted molar refractivity (Wildman–Crippen MR) is 106 cm³/mol. The Labute approximate surface area is 177 Å². The van der Waals surface area contributed by atoms with Crippen molar-refractivity contribution in [1.29, 1.82) is 0 Å². The highest BCUT2D eigenvalue weighted by Gasteiger charge is 2.41. The Hall–Kier alpha value is -3.67. The summed E-state index contributed by atoms with van der Waals surface area (Å²) in [5, 5.41) is 5.73. The molecular weight excluding hydrogens is 415 g/mol. The molecule has 168 valence electrons. The van der Waals surface area contributed by atoms with Gasteiger partial charge in [0.1, 0.15) is 5.82 Å². The minimum Gasteiger partial charge on any atom is -0.468 e. The van der Waals surface area contributed by atoms with E-state index in [0.29, 0.717) is 0 Å². The van der Waals surface area contributed by atoms with E-state index in [1.807, 2.05) is 0 Å². The molecule has 1 aromatic rings. The zero-order chi connectivity index (χ0) is 23.8. The Balaban J connectivity index is 3.21. The number of carbonyl (C=O) groups excluding carboxylic acids is 5. The first-order valence-corrected chi connectivity index (χ1v) is 8.83. The Morgan fingerprint density at radius 1 is 1.03 bits per heavy atom. The average molecular weight is 439 g/mol. The summed E-state index contributed by atoms with van der Waals surface area (Å²) < 4.78 is 22.3. The van der Waals surface area contributed by atoms with Gasteiger partial charge in [-0.2, -0.15) is 5.10 Å². The van der Waals surface area contributed by atoms with Crippen molar-refractivity contribution in [3.63, 3.8) is 0 Å². The van der Waals surface area contributed by atoms with Crippen LogP contribution in [0.3, 0.4) is 0 Å². The van der Waals surface area contributed by atoms with E-state index < -0.39 is 47.0 Å². The van der Waals surface area contributed by atoms with Gasteiger partial charge in [-0.3, -0.25) is 19.2 Å². The van der Waals surface area contributed by atoms with Crippen molar-refractivity contribution in [1.82, 2.24) is 5.43 Å². The van der Waals surface area contributed by atoms with Gasteiger partial charge in [-0.05, 0) is 24.3 Å². The number of benzene rings is 1. The molecule has 0 heterocycles. The molecule has 0 bridgehead atoms. The van der Waals surface area contributed by atoms with E-state index in [-0.39, 0.29) is 16.7 Å². The zero-order valence-electron chi connectivity index (χ0n) is 17.7. The second-order valence-corrected chi connectivity index (χ2v) is 7.25. The molecule has 0 unspecified atom stereocenters. The molecule has 1 aromatic carbocycles. The lowest BCUT2D eigenvalue weighted by atomic mass is 9.97. The van der Waals surface area contributed by atoms with Gasteiger partial charge in [0.2, 0.25) is 5.78 Å². The van der Waals surface area contributed by atoms with E-state index in [1.54, 1.807) is 21.1 Å². The first-order valence-electron chi connectivity index (χ1n) is 8.83. The van der Waals surface area contributed by atoms with Crippen LogP contribution in [0.5, 0.6) is 0 Å². The minimum atomic E-state index is -2.11. The topological polar surface area (TPSA) is 140 Å². The molecule has 2 amide bonds. The smallest absolute Gasteiger partial charge is 0.355 e. The van der Waals surface area contributed by atoms with Crippen LogP contribution in [0.1, 0.15) is 0 Å². The van der Waals surface area contributed by atoms with Crippen LogP contribution >= 0.6 is 0 Å². The fourth-order valence-corrected chi connectivity index (χ4v) is 2.24. The quantitative estimate of drug-likeness (QED) is 0.132. The highest BCUT2D eigenvalue weighted by Crippen LogP contribution is 2.12. The molecule has 1 rings (SSSR count). The number of nitrogens with one attached hydrogen (secondary N) is 2. The van der Waals surface area contributed by atoms with Crippen molar-refractivity contribution in [2.75, 3.05) is 47.2 Å². The fraction of sp³-hybridized carbons (Fsp3) is 0.368. The van der Waals surface area contributed by atoms with Gasteiger partial charge in [-0.1, -0.05) is 0 Å². The van der Waals surface area contributed by atoms with Crippen molar-refractivity contribution in [2.24, 2.45) is 11.0 Å². The van der Waals surface area contributed by atoms with Crippen molar-refractivity contribution in [2.45, 2.75) is 0 Å². The van der Waals surface area contributed by atoms with Crippen molar-refractivity contribution < 1.29 is 42.3 Å². The maximum atomic E-state index is 13.0. The first-order chi connectivity index (χ1) is 14.4. The summed E-state index contributed by atoms with van der Waals surface area (Å²) in [5.41, 5.74) is 1.28. The molecule has 31 heavy (non-hydrogen) atoms. The van der Waals surface area contributed by atoms with Crippen LogP contribution in [0.25, 0.3) is 0 Å². The third kappa shape index (κ3) is 7.93. The van der Waals surface area contributed by atoms with E-state index in [2.05, 4.69) is 25.3 Å². The Morgan fingerprint density at radius 3 is 2.10 bits per heavy atom. The summed E-state index contributed by atoms with van der Waals surface area (Å²) in [4.78, 5) is 61.4. The summed E-state index contributed by atoms with van der Waals surface area (Å²) >= 11 is 0. The van der Waals surface area contributed by atoms with Gasteiger partial charge >= 0.3 is 11.9 Å². The molecule has 0 radical (unpaired) electrons. The summed E-state index contributed by atoms with van der Waals surface area (Å²) in [6, 6.07) is 4.47. The summed E-state index contributed by atoms with van der Waals surface area (Å²) in [7, 11) is 7.08. The van der Waals surface area contributed by atoms with Gasteiger partial charge in [-0.25, -0.2) is 14.6 Å². The molecular formula is C19H24FN4O7+. The predicted octanol–water partition coefficient (Wildman–Crippen LogP) is -0.526. The van der Waals surface area contributed by atoms with Crippen LogP contribution in [-0.4, -0.2) is 81.6 Å². The highest BCUT2D eigenvalue weighted by molar-refractivity contribution is 6.55. The second kappa shape index (κ2) is 10.9. The average Bonchev–Trinajstić information content (AvgIpc) is 2.69. The fourth-order valence-electron chi connectivity index (χ4n) is 2.24. The third-order valence-corrected chi connectivity index (χ3v) is 3.61. The number of halogens is 1. The van der Waals surface area contributed by atoms with Gasteiger partial charge in [-0.15, -0.1) is 0 Å². The lowest BCUT2D eigenvalue weighted by molar-refractivity contribution is -0.862. The zero-order valence-corrected chi connectivity index (χ0v) is 17.7. The van der Waals surface area contributed by atoms with Gasteiger partial charge in [0.15, 0.2) is 18.2 Å². The van der Waals surface area contributed by atoms with Crippen molar-refractivity contribution in [3.8, 4) is 0 Å². The lowest BCUT2D eigenvalue weighted by Crippen LogP contribution is -2.46. The number of esters is 2. The number of ketones is 1. The van der Waals surface area contributed by atoms with Crippen LogP contribution in [0.4, 0.5) is 10.1 Å². The second-order valence-electron chi connectivity index (χ2n) is 7.25. The van der Waals surface area contributed by atoms with Gasteiger partial charge in [0.25, 0.3) is 11.8 Å². The minimum absolute atomic E-state index is 0.0418. The molecule has 1 atom stereocenters. The number of hydrazone groups is 1. The number of hydrogen-bond acceptors (Lipinski definition) is 8. The molecule has 0 aliphatic heterocycles. The number of methoxy groups -OCH3 is 2. The maximum absolute atomic E-state index is 13.0. The summed E-state index contributed by atoms with van der Waals surface area (Å²) in [6.45, 7) is -0.0418. The van der Waals surface area contributed by atoms with E-state index in [9.17, 15) is 28.4 Å². The first kappa shape index (κ1) is 25.4. The summed E-state index contributed by atoms with van der Waals surface area (Å²) in [6.07, 6.45) is 0. The van der Waals surface area contributed by atoms with Gasteiger partial charge in [0, 0.05) is 5.69 Å². The molecule has 2 N–H and O–H groups in total. The molecule has 0 aromatic heterocycles. The van der Waals surface area contributed by atoms with E-state index in [1.165, 1.54) is 12.1 Å². The van der Waals surface area contributed by atoms with Crippen molar-refractivity contribution >= 4 is 40.9 Å². The number of quaternary nitrogens is 1. The molecule has 12 heteroatoms. The van der Waals surface area contributed by atoms with E-state index in [4.69, 9.17) is 0 Å². The number of rotatable bonds is 9. The summed E-state index contributed by atoms with van der Waals surface area (Å²) in [5.74, 6) is -8.50.